The predicted molar refractivity (Wildman–Crippen MR) is 138 cm³/mol. The topological polar surface area (TPSA) is 85.8 Å². The van der Waals surface area contributed by atoms with Gasteiger partial charge in [0, 0.05) is 17.2 Å². The smallest absolute Gasteiger partial charge is 0.287 e. The number of anilines is 1. The third kappa shape index (κ3) is 5.01. The number of benzene rings is 3. The molecule has 0 saturated carbocycles. The predicted octanol–water partition coefficient (Wildman–Crippen LogP) is 5.60. The second-order valence-corrected chi connectivity index (χ2v) is 8.69. The molecule has 0 bridgehead atoms. The number of hydrogen-bond donors (Lipinski definition) is 1. The fraction of sp³-hybridized carbons (Fsp3) is 0.107. The number of aromatic nitrogens is 2. The zero-order valence-electron chi connectivity index (χ0n) is 19.4. The summed E-state index contributed by atoms with van der Waals surface area (Å²) < 4.78 is 12.4. The van der Waals surface area contributed by atoms with Crippen molar-refractivity contribution in [3.05, 3.63) is 129 Å². The fourth-order valence-corrected chi connectivity index (χ4v) is 4.19. The van der Waals surface area contributed by atoms with Crippen LogP contribution in [0.15, 0.2) is 100 Å². The van der Waals surface area contributed by atoms with Crippen LogP contribution in [0.1, 0.15) is 28.5 Å². The third-order valence-electron chi connectivity index (χ3n) is 5.63. The molecule has 2 aromatic heterocycles. The van der Waals surface area contributed by atoms with Crippen molar-refractivity contribution < 1.29 is 14.1 Å². The van der Waals surface area contributed by atoms with E-state index in [1.807, 2.05) is 60.7 Å². The van der Waals surface area contributed by atoms with Gasteiger partial charge in [0.1, 0.15) is 18.1 Å². The molecule has 0 fully saturated rings. The van der Waals surface area contributed by atoms with Crippen molar-refractivity contribution in [1.82, 2.24) is 9.56 Å². The van der Waals surface area contributed by atoms with Crippen molar-refractivity contribution in [1.29, 1.82) is 0 Å². The van der Waals surface area contributed by atoms with Crippen LogP contribution in [-0.2, 0) is 11.4 Å². The maximum absolute atomic E-state index is 13.6. The highest BCUT2D eigenvalue weighted by atomic mass is 35.5. The molecule has 0 atom stereocenters. The van der Waals surface area contributed by atoms with Gasteiger partial charge in [0.2, 0.25) is 5.91 Å². The molecule has 1 N–H and O–H groups in total. The van der Waals surface area contributed by atoms with Crippen LogP contribution < -0.4 is 15.6 Å². The molecule has 8 heteroatoms. The molecule has 0 spiro atoms. The molecule has 1 amide bonds. The summed E-state index contributed by atoms with van der Waals surface area (Å²) in [6, 6.07) is 27.1. The lowest BCUT2D eigenvalue weighted by Gasteiger charge is -2.19. The van der Waals surface area contributed by atoms with Gasteiger partial charge in [-0.15, -0.1) is 4.57 Å². The summed E-state index contributed by atoms with van der Waals surface area (Å²) in [6.45, 7) is 1.76. The van der Waals surface area contributed by atoms with Gasteiger partial charge in [-0.1, -0.05) is 72.3 Å². The van der Waals surface area contributed by atoms with Crippen molar-refractivity contribution >= 4 is 28.8 Å². The molecular weight excluding hydrogens is 478 g/mol. The molecule has 2 heterocycles. The molecule has 7 nitrogen and oxygen atoms in total. The molecule has 5 aromatic rings. The van der Waals surface area contributed by atoms with Gasteiger partial charge in [-0.25, -0.2) is 4.98 Å². The van der Waals surface area contributed by atoms with Gasteiger partial charge < -0.3 is 14.6 Å². The first kappa shape index (κ1) is 23.4. The average Bonchev–Trinajstić information content (AvgIpc) is 3.26. The lowest BCUT2D eigenvalue weighted by Crippen LogP contribution is -2.22. The number of hydrogen-bond acceptors (Lipinski definition) is 5. The first-order chi connectivity index (χ1) is 17.5. The molecular formula is C28H22ClN3O4. The lowest BCUT2D eigenvalue weighted by molar-refractivity contribution is -0.116. The van der Waals surface area contributed by atoms with Crippen LogP contribution in [0.2, 0.25) is 5.02 Å². The summed E-state index contributed by atoms with van der Waals surface area (Å²) in [6.07, 6.45) is 0. The van der Waals surface area contributed by atoms with Gasteiger partial charge in [0.15, 0.2) is 5.65 Å². The largest absolute Gasteiger partial charge is 0.485 e. The van der Waals surface area contributed by atoms with Gasteiger partial charge >= 0.3 is 0 Å². The number of nitrogens with one attached hydrogen (secondary N) is 1. The molecule has 0 aliphatic carbocycles. The molecule has 36 heavy (non-hydrogen) atoms. The average molecular weight is 500 g/mol. The van der Waals surface area contributed by atoms with E-state index in [2.05, 4.69) is 10.3 Å². The van der Waals surface area contributed by atoms with Crippen molar-refractivity contribution in [2.24, 2.45) is 0 Å². The molecule has 0 aliphatic heterocycles. The molecule has 0 unspecified atom stereocenters. The quantitative estimate of drug-likeness (QED) is 0.315. The molecule has 180 valence electrons. The Bertz CT molecular complexity index is 1540. The number of carbonyl (C=O) groups excluding carboxylic acids is 1. The number of carbonyl (C=O) groups is 1. The van der Waals surface area contributed by atoms with Crippen molar-refractivity contribution in [2.45, 2.75) is 19.4 Å². The molecule has 0 saturated heterocycles. The molecule has 0 radical (unpaired) electrons. The monoisotopic (exact) mass is 499 g/mol. The minimum absolute atomic E-state index is 0.0151. The molecule has 5 rings (SSSR count). The Kier molecular flexibility index (Phi) is 6.56. The number of nitrogens with zero attached hydrogens (tertiary/aromatic N) is 2. The number of aryl methyl sites for hydroxylation is 1. The SMILES string of the molecule is Cc1cc2nc(COc3ccc(Cl)cc3NC(=O)C(c3ccccc3)c3ccccc3)cc(=O)n2o1. The maximum Gasteiger partial charge on any atom is 0.287 e. The van der Waals surface area contributed by atoms with Gasteiger partial charge in [-0.3, -0.25) is 9.59 Å². The van der Waals surface area contributed by atoms with E-state index in [-0.39, 0.29) is 18.1 Å². The Morgan fingerprint density at radius 2 is 1.67 bits per heavy atom. The molecule has 3 aromatic carbocycles. The Morgan fingerprint density at radius 3 is 2.33 bits per heavy atom. The van der Waals surface area contributed by atoms with E-state index in [1.165, 1.54) is 6.07 Å². The van der Waals surface area contributed by atoms with Crippen LogP contribution in [0, 0.1) is 6.92 Å². The first-order valence-electron chi connectivity index (χ1n) is 11.3. The zero-order chi connectivity index (χ0) is 25.1. The van der Waals surface area contributed by atoms with E-state index in [0.717, 1.165) is 15.7 Å². The number of fused-ring (bicyclic) bond motifs is 1. The second-order valence-electron chi connectivity index (χ2n) is 8.26. The van der Waals surface area contributed by atoms with E-state index in [4.69, 9.17) is 20.9 Å². The van der Waals surface area contributed by atoms with E-state index in [0.29, 0.717) is 33.6 Å². The standard InChI is InChI=1S/C28H22ClN3O4/c1-18-14-25-30-22(16-26(33)32(25)36-18)17-35-24-13-12-21(29)15-23(24)31-28(34)27(19-8-4-2-5-9-19)20-10-6-3-7-11-20/h2-16,27H,17H2,1H3,(H,31,34). The number of amides is 1. The third-order valence-corrected chi connectivity index (χ3v) is 5.86. The summed E-state index contributed by atoms with van der Waals surface area (Å²) in [5.41, 5.74) is 2.63. The maximum atomic E-state index is 13.6. The van der Waals surface area contributed by atoms with Gasteiger partial charge in [-0.05, 0) is 36.2 Å². The van der Waals surface area contributed by atoms with E-state index in [9.17, 15) is 9.59 Å². The minimum atomic E-state index is -0.535. The summed E-state index contributed by atoms with van der Waals surface area (Å²) in [5.74, 6) is 0.212. The number of rotatable bonds is 7. The zero-order valence-corrected chi connectivity index (χ0v) is 20.1. The van der Waals surface area contributed by atoms with Crippen molar-refractivity contribution in [3.8, 4) is 5.75 Å². The van der Waals surface area contributed by atoms with Crippen molar-refractivity contribution in [3.63, 3.8) is 0 Å². The fourth-order valence-electron chi connectivity index (χ4n) is 4.02. The molecule has 0 aliphatic rings. The van der Waals surface area contributed by atoms with Crippen LogP contribution in [0.3, 0.4) is 0 Å². The van der Waals surface area contributed by atoms with Gasteiger partial charge in [0.25, 0.3) is 5.56 Å². The minimum Gasteiger partial charge on any atom is -0.485 e. The highest BCUT2D eigenvalue weighted by Crippen LogP contribution is 2.32. The number of halogens is 1. The van der Waals surface area contributed by atoms with Crippen LogP contribution >= 0.6 is 11.6 Å². The highest BCUT2D eigenvalue weighted by Gasteiger charge is 2.24. The normalized spacial score (nSPS) is 11.1. The Labute approximate surface area is 211 Å². The Hall–Kier alpha value is -4.36. The van der Waals surface area contributed by atoms with E-state index < -0.39 is 5.92 Å². The van der Waals surface area contributed by atoms with E-state index in [1.54, 1.807) is 31.2 Å². The van der Waals surface area contributed by atoms with Crippen LogP contribution in [0.4, 0.5) is 5.69 Å². The van der Waals surface area contributed by atoms with Crippen LogP contribution in [0.5, 0.6) is 5.75 Å². The van der Waals surface area contributed by atoms with Crippen molar-refractivity contribution in [2.75, 3.05) is 5.32 Å². The lowest BCUT2D eigenvalue weighted by atomic mass is 9.90. The summed E-state index contributed by atoms with van der Waals surface area (Å²) >= 11 is 6.25. The Morgan fingerprint density at radius 1 is 1.00 bits per heavy atom. The summed E-state index contributed by atoms with van der Waals surface area (Å²) in [4.78, 5) is 30.3. The van der Waals surface area contributed by atoms with Gasteiger partial charge in [-0.2, -0.15) is 0 Å². The second kappa shape index (κ2) is 10.1. The van der Waals surface area contributed by atoms with Crippen LogP contribution in [0.25, 0.3) is 5.65 Å². The van der Waals surface area contributed by atoms with Gasteiger partial charge in [0.05, 0.1) is 17.3 Å². The summed E-state index contributed by atoms with van der Waals surface area (Å²) in [5, 5.41) is 3.42. The first-order valence-corrected chi connectivity index (χ1v) is 11.7. The number of ether oxygens (including phenoxy) is 1. The highest BCUT2D eigenvalue weighted by molar-refractivity contribution is 6.31. The van der Waals surface area contributed by atoms with Crippen LogP contribution in [-0.4, -0.2) is 15.5 Å². The van der Waals surface area contributed by atoms with E-state index >= 15 is 0 Å². The Balaban J connectivity index is 1.41. The summed E-state index contributed by atoms with van der Waals surface area (Å²) in [7, 11) is 0.